The van der Waals surface area contributed by atoms with Gasteiger partial charge < -0.3 is 4.90 Å². The van der Waals surface area contributed by atoms with Gasteiger partial charge in [0.15, 0.2) is 5.03 Å². The third kappa shape index (κ3) is 3.35. The zero-order valence-electron chi connectivity index (χ0n) is 15.3. The number of carbonyl (C=O) groups is 1. The number of benzene rings is 1. The molecule has 0 radical (unpaired) electrons. The molecule has 9 heteroatoms. The number of nitrogens with zero attached hydrogens (tertiary/aromatic N) is 3. The van der Waals surface area contributed by atoms with E-state index < -0.39 is 9.84 Å². The van der Waals surface area contributed by atoms with Crippen LogP contribution < -0.4 is 0 Å². The lowest BCUT2D eigenvalue weighted by Crippen LogP contribution is -2.34. The van der Waals surface area contributed by atoms with Gasteiger partial charge in [-0.05, 0) is 57.4 Å². The predicted octanol–water partition coefficient (Wildman–Crippen LogP) is 4.26. The Morgan fingerprint density at radius 3 is 2.04 bits per heavy atom. The Kier molecular flexibility index (Phi) is 6.05. The van der Waals surface area contributed by atoms with Crippen LogP contribution in [0.3, 0.4) is 0 Å². The first kappa shape index (κ1) is 20.7. The van der Waals surface area contributed by atoms with Gasteiger partial charge in [-0.15, -0.1) is 0 Å². The quantitative estimate of drug-likeness (QED) is 0.744. The SMILES string of the molecule is CCN(CC)C(=O)n1ccc(S(=O)(=O)c2c(C)c(Cl)c(C)c(Cl)c2C)n1. The minimum Gasteiger partial charge on any atom is -0.323 e. The fourth-order valence-corrected chi connectivity index (χ4v) is 5.04. The van der Waals surface area contributed by atoms with Crippen LogP contribution >= 0.6 is 23.2 Å². The molecule has 0 saturated heterocycles. The normalized spacial score (nSPS) is 11.7. The molecule has 2 aromatic rings. The molecule has 0 fully saturated rings. The van der Waals surface area contributed by atoms with Crippen LogP contribution in [-0.2, 0) is 9.84 Å². The minimum atomic E-state index is -3.99. The highest BCUT2D eigenvalue weighted by atomic mass is 35.5. The molecule has 0 spiro atoms. The van der Waals surface area contributed by atoms with Crippen LogP contribution in [-0.4, -0.2) is 42.2 Å². The van der Waals surface area contributed by atoms with Crippen LogP contribution in [0.15, 0.2) is 22.2 Å². The first-order valence-electron chi connectivity index (χ1n) is 8.12. The van der Waals surface area contributed by atoms with Crippen molar-refractivity contribution in [3.63, 3.8) is 0 Å². The topological polar surface area (TPSA) is 72.3 Å². The second-order valence-corrected chi connectivity index (χ2v) is 8.48. The molecular formula is C17H21Cl2N3O3S. The summed E-state index contributed by atoms with van der Waals surface area (Å²) in [7, 11) is -3.99. The van der Waals surface area contributed by atoms with Crippen molar-refractivity contribution in [1.29, 1.82) is 0 Å². The van der Waals surface area contributed by atoms with E-state index in [1.165, 1.54) is 12.3 Å². The molecule has 0 atom stereocenters. The maximum Gasteiger partial charge on any atom is 0.344 e. The van der Waals surface area contributed by atoms with Gasteiger partial charge in [-0.25, -0.2) is 13.2 Å². The van der Waals surface area contributed by atoms with Crippen LogP contribution in [0.4, 0.5) is 4.79 Å². The number of hydrogen-bond donors (Lipinski definition) is 0. The van der Waals surface area contributed by atoms with Crippen molar-refractivity contribution in [1.82, 2.24) is 14.7 Å². The molecule has 0 N–H and O–H groups in total. The molecule has 0 aliphatic carbocycles. The Hall–Kier alpha value is -1.57. The molecular weight excluding hydrogens is 397 g/mol. The summed E-state index contributed by atoms with van der Waals surface area (Å²) in [5, 5.41) is 4.38. The van der Waals surface area contributed by atoms with Gasteiger partial charge >= 0.3 is 6.03 Å². The first-order valence-corrected chi connectivity index (χ1v) is 10.4. The molecule has 6 nitrogen and oxygen atoms in total. The Bertz CT molecular complexity index is 935. The summed E-state index contributed by atoms with van der Waals surface area (Å²) in [4.78, 5) is 13.9. The lowest BCUT2D eigenvalue weighted by atomic mass is 10.1. The highest BCUT2D eigenvalue weighted by molar-refractivity contribution is 7.91. The van der Waals surface area contributed by atoms with Gasteiger partial charge in [-0.3, -0.25) is 0 Å². The molecule has 2 rings (SSSR count). The minimum absolute atomic E-state index is 0.0265. The Morgan fingerprint density at radius 1 is 1.08 bits per heavy atom. The Labute approximate surface area is 163 Å². The van der Waals surface area contributed by atoms with E-state index in [4.69, 9.17) is 23.2 Å². The summed E-state index contributed by atoms with van der Waals surface area (Å²) in [5.74, 6) is 0. The summed E-state index contributed by atoms with van der Waals surface area (Å²) in [5.41, 5.74) is 1.45. The summed E-state index contributed by atoms with van der Waals surface area (Å²) >= 11 is 12.5. The van der Waals surface area contributed by atoms with Crippen molar-refractivity contribution in [3.8, 4) is 0 Å². The third-order valence-electron chi connectivity index (χ3n) is 4.34. The molecule has 0 aliphatic heterocycles. The molecule has 142 valence electrons. The summed E-state index contributed by atoms with van der Waals surface area (Å²) in [6.07, 6.45) is 1.34. The smallest absolute Gasteiger partial charge is 0.323 e. The average molecular weight is 418 g/mol. The molecule has 26 heavy (non-hydrogen) atoms. The molecule has 0 unspecified atom stereocenters. The van der Waals surface area contributed by atoms with Crippen molar-refractivity contribution < 1.29 is 13.2 Å². The van der Waals surface area contributed by atoms with Crippen molar-refractivity contribution in [3.05, 3.63) is 39.0 Å². The van der Waals surface area contributed by atoms with Crippen LogP contribution in [0.5, 0.6) is 0 Å². The van der Waals surface area contributed by atoms with Crippen LogP contribution in [0.25, 0.3) is 0 Å². The van der Waals surface area contributed by atoms with Crippen molar-refractivity contribution in [2.24, 2.45) is 0 Å². The van der Waals surface area contributed by atoms with E-state index in [2.05, 4.69) is 5.10 Å². The van der Waals surface area contributed by atoms with E-state index in [-0.39, 0.29) is 16.0 Å². The van der Waals surface area contributed by atoms with Crippen LogP contribution in [0.2, 0.25) is 10.0 Å². The van der Waals surface area contributed by atoms with Gasteiger partial charge in [0.1, 0.15) is 0 Å². The zero-order valence-corrected chi connectivity index (χ0v) is 17.6. The van der Waals surface area contributed by atoms with Gasteiger partial charge in [-0.2, -0.15) is 9.78 Å². The van der Waals surface area contributed by atoms with Gasteiger partial charge in [0.25, 0.3) is 0 Å². The molecule has 0 bridgehead atoms. The molecule has 1 heterocycles. The zero-order chi connectivity index (χ0) is 19.8. The second-order valence-electron chi connectivity index (χ2n) is 5.89. The molecule has 0 saturated carbocycles. The number of carbonyl (C=O) groups excluding carboxylic acids is 1. The first-order chi connectivity index (χ1) is 12.1. The summed E-state index contributed by atoms with van der Waals surface area (Å²) in [6, 6.07) is 0.918. The largest absolute Gasteiger partial charge is 0.344 e. The standard InChI is InChI=1S/C17H21Cl2N3O3S/c1-6-21(7-2)17(23)22-9-8-13(20-22)26(24,25)16-11(4)14(18)10(3)15(19)12(16)5/h8-9H,6-7H2,1-5H3. The summed E-state index contributed by atoms with van der Waals surface area (Å²) in [6.45, 7) is 9.67. The highest BCUT2D eigenvalue weighted by Crippen LogP contribution is 2.38. The van der Waals surface area contributed by atoms with Gasteiger partial charge in [0.2, 0.25) is 9.84 Å². The van der Waals surface area contributed by atoms with Crippen molar-refractivity contribution in [2.75, 3.05) is 13.1 Å². The molecule has 1 amide bonds. The molecule has 1 aromatic carbocycles. The molecule has 0 aliphatic rings. The number of aromatic nitrogens is 2. The molecule has 1 aromatic heterocycles. The number of amides is 1. The van der Waals surface area contributed by atoms with Crippen molar-refractivity contribution >= 4 is 39.1 Å². The Balaban J connectivity index is 2.59. The van der Waals surface area contributed by atoms with Crippen LogP contribution in [0, 0.1) is 20.8 Å². The second kappa shape index (κ2) is 7.58. The summed E-state index contributed by atoms with van der Waals surface area (Å²) < 4.78 is 27.3. The van der Waals surface area contributed by atoms with Gasteiger partial charge in [-0.1, -0.05) is 23.2 Å². The lowest BCUT2D eigenvalue weighted by Gasteiger charge is -2.17. The predicted molar refractivity (Wildman–Crippen MR) is 102 cm³/mol. The maximum absolute atomic E-state index is 13.1. The number of halogens is 2. The van der Waals surface area contributed by atoms with Gasteiger partial charge in [0.05, 0.1) is 4.90 Å². The van der Waals surface area contributed by atoms with Crippen LogP contribution in [0.1, 0.15) is 30.5 Å². The number of hydrogen-bond acceptors (Lipinski definition) is 4. The number of sulfone groups is 1. The highest BCUT2D eigenvalue weighted by Gasteiger charge is 2.29. The monoisotopic (exact) mass is 417 g/mol. The van der Waals surface area contributed by atoms with E-state index >= 15 is 0 Å². The lowest BCUT2D eigenvalue weighted by molar-refractivity contribution is 0.201. The van der Waals surface area contributed by atoms with E-state index in [0.29, 0.717) is 39.8 Å². The van der Waals surface area contributed by atoms with Gasteiger partial charge in [0, 0.05) is 29.3 Å². The maximum atomic E-state index is 13.1. The fraction of sp³-hybridized carbons (Fsp3) is 0.412. The van der Waals surface area contributed by atoms with Crippen molar-refractivity contribution in [2.45, 2.75) is 44.5 Å². The Morgan fingerprint density at radius 2 is 1.58 bits per heavy atom. The van der Waals surface area contributed by atoms with E-state index in [1.54, 1.807) is 25.7 Å². The van der Waals surface area contributed by atoms with E-state index in [9.17, 15) is 13.2 Å². The number of rotatable bonds is 4. The van der Waals surface area contributed by atoms with E-state index in [0.717, 1.165) is 4.68 Å². The van der Waals surface area contributed by atoms with E-state index in [1.807, 2.05) is 13.8 Å². The fourth-order valence-electron chi connectivity index (χ4n) is 2.84. The third-order valence-corrected chi connectivity index (χ3v) is 7.39. The average Bonchev–Trinajstić information content (AvgIpc) is 3.10.